The van der Waals surface area contributed by atoms with Crippen molar-refractivity contribution in [1.82, 2.24) is 9.97 Å². The molecule has 0 spiro atoms. The van der Waals surface area contributed by atoms with Gasteiger partial charge in [0.1, 0.15) is 18.2 Å². The Morgan fingerprint density at radius 3 is 2.81 bits per heavy atom. The van der Waals surface area contributed by atoms with Crippen molar-refractivity contribution in [2.45, 2.75) is 57.8 Å². The quantitative estimate of drug-likeness (QED) is 0.357. The molecule has 0 saturated heterocycles. The van der Waals surface area contributed by atoms with Crippen molar-refractivity contribution in [3.8, 4) is 0 Å². The van der Waals surface area contributed by atoms with Crippen molar-refractivity contribution < 1.29 is 9.84 Å². The van der Waals surface area contributed by atoms with Gasteiger partial charge in [-0.15, -0.1) is 0 Å². The number of nitrogens with two attached hydrogens (primary N) is 1. The standard InChI is InChI=1S/C14H25N5O2/c1-2-21-9-14-17-12(8-13(18-14)19-15)16-10-6-4-3-5-7-11(10)20/h8,10-11,20H,2-7,9,15H2,1H3,(H2,16,17,18,19). The summed E-state index contributed by atoms with van der Waals surface area (Å²) in [5, 5.41) is 13.5. The van der Waals surface area contributed by atoms with Crippen LogP contribution in [0.15, 0.2) is 6.07 Å². The molecule has 1 heterocycles. The molecule has 1 fully saturated rings. The van der Waals surface area contributed by atoms with Crippen LogP contribution in [0.3, 0.4) is 0 Å². The highest BCUT2D eigenvalue weighted by atomic mass is 16.5. The fraction of sp³-hybridized carbons (Fsp3) is 0.714. The molecule has 0 aromatic carbocycles. The summed E-state index contributed by atoms with van der Waals surface area (Å²) in [7, 11) is 0. The summed E-state index contributed by atoms with van der Waals surface area (Å²) in [5.41, 5.74) is 2.54. The summed E-state index contributed by atoms with van der Waals surface area (Å²) in [4.78, 5) is 8.67. The average Bonchev–Trinajstić information content (AvgIpc) is 2.70. The maximum atomic E-state index is 10.2. The number of hydrogen-bond donors (Lipinski definition) is 4. The minimum absolute atomic E-state index is 0.0213. The minimum Gasteiger partial charge on any atom is -0.391 e. The van der Waals surface area contributed by atoms with Crippen LogP contribution in [0.5, 0.6) is 0 Å². The highest BCUT2D eigenvalue weighted by Crippen LogP contribution is 2.22. The van der Waals surface area contributed by atoms with Crippen molar-refractivity contribution in [1.29, 1.82) is 0 Å². The monoisotopic (exact) mass is 295 g/mol. The molecule has 5 N–H and O–H groups in total. The molecule has 2 rings (SSSR count). The molecule has 7 nitrogen and oxygen atoms in total. The molecular formula is C14H25N5O2. The van der Waals surface area contributed by atoms with E-state index in [1.54, 1.807) is 6.07 Å². The van der Waals surface area contributed by atoms with E-state index in [-0.39, 0.29) is 12.1 Å². The first kappa shape index (κ1) is 15.9. The van der Waals surface area contributed by atoms with E-state index < -0.39 is 0 Å². The van der Waals surface area contributed by atoms with Crippen LogP contribution in [-0.2, 0) is 11.3 Å². The van der Waals surface area contributed by atoms with Crippen molar-refractivity contribution in [3.05, 3.63) is 11.9 Å². The molecule has 118 valence electrons. The number of hydrogen-bond acceptors (Lipinski definition) is 7. The van der Waals surface area contributed by atoms with Crippen LogP contribution in [0, 0.1) is 0 Å². The van der Waals surface area contributed by atoms with Gasteiger partial charge in [0.2, 0.25) is 0 Å². The van der Waals surface area contributed by atoms with E-state index in [9.17, 15) is 5.11 Å². The first-order chi connectivity index (χ1) is 10.2. The van der Waals surface area contributed by atoms with Gasteiger partial charge in [0.25, 0.3) is 0 Å². The number of rotatable bonds is 6. The van der Waals surface area contributed by atoms with Gasteiger partial charge in [-0.1, -0.05) is 19.3 Å². The second kappa shape index (κ2) is 8.11. The molecule has 0 bridgehead atoms. The van der Waals surface area contributed by atoms with Crippen LogP contribution in [0.1, 0.15) is 44.9 Å². The lowest BCUT2D eigenvalue weighted by Crippen LogP contribution is -2.33. The number of nitrogens with one attached hydrogen (secondary N) is 2. The first-order valence-electron chi connectivity index (χ1n) is 7.60. The van der Waals surface area contributed by atoms with E-state index in [0.29, 0.717) is 30.7 Å². The fourth-order valence-corrected chi connectivity index (χ4v) is 2.55. The van der Waals surface area contributed by atoms with E-state index in [2.05, 4.69) is 20.7 Å². The molecule has 1 aliphatic carbocycles. The molecule has 1 saturated carbocycles. The van der Waals surface area contributed by atoms with E-state index >= 15 is 0 Å². The van der Waals surface area contributed by atoms with E-state index in [0.717, 1.165) is 25.7 Å². The van der Waals surface area contributed by atoms with E-state index in [1.165, 1.54) is 6.42 Å². The number of aliphatic hydroxyl groups excluding tert-OH is 1. The Kier molecular flexibility index (Phi) is 6.16. The van der Waals surface area contributed by atoms with Crippen molar-refractivity contribution in [2.24, 2.45) is 5.84 Å². The number of nitrogen functional groups attached to an aromatic ring is 1. The third-order valence-electron chi connectivity index (χ3n) is 3.67. The zero-order chi connectivity index (χ0) is 15.1. The summed E-state index contributed by atoms with van der Waals surface area (Å²) in [6.45, 7) is 2.87. The van der Waals surface area contributed by atoms with E-state index in [4.69, 9.17) is 10.6 Å². The summed E-state index contributed by atoms with van der Waals surface area (Å²) >= 11 is 0. The van der Waals surface area contributed by atoms with Gasteiger partial charge in [-0.2, -0.15) is 0 Å². The largest absolute Gasteiger partial charge is 0.391 e. The second-order valence-electron chi connectivity index (χ2n) is 5.29. The maximum absolute atomic E-state index is 10.2. The fourth-order valence-electron chi connectivity index (χ4n) is 2.55. The van der Waals surface area contributed by atoms with Gasteiger partial charge in [-0.3, -0.25) is 0 Å². The smallest absolute Gasteiger partial charge is 0.158 e. The normalized spacial score (nSPS) is 22.6. The lowest BCUT2D eigenvalue weighted by molar-refractivity contribution is 0.128. The van der Waals surface area contributed by atoms with Gasteiger partial charge in [-0.05, 0) is 19.8 Å². The Morgan fingerprint density at radius 1 is 1.29 bits per heavy atom. The Hall–Kier alpha value is -1.44. The van der Waals surface area contributed by atoms with Crippen LogP contribution < -0.4 is 16.6 Å². The van der Waals surface area contributed by atoms with Gasteiger partial charge in [0.15, 0.2) is 5.82 Å². The SMILES string of the molecule is CCOCc1nc(NN)cc(NC2CCCCCC2O)n1. The van der Waals surface area contributed by atoms with Crippen molar-refractivity contribution in [2.75, 3.05) is 17.3 Å². The first-order valence-corrected chi connectivity index (χ1v) is 7.60. The van der Waals surface area contributed by atoms with E-state index in [1.807, 2.05) is 6.92 Å². The molecular weight excluding hydrogens is 270 g/mol. The average molecular weight is 295 g/mol. The molecule has 1 aliphatic rings. The molecule has 7 heteroatoms. The highest BCUT2D eigenvalue weighted by molar-refractivity contribution is 5.47. The van der Waals surface area contributed by atoms with Gasteiger partial charge >= 0.3 is 0 Å². The lowest BCUT2D eigenvalue weighted by atomic mass is 10.1. The molecule has 0 amide bonds. The Morgan fingerprint density at radius 2 is 2.05 bits per heavy atom. The zero-order valence-electron chi connectivity index (χ0n) is 12.5. The number of aliphatic hydroxyl groups is 1. The predicted octanol–water partition coefficient (Wildman–Crippen LogP) is 1.40. The molecule has 0 aliphatic heterocycles. The molecule has 1 aromatic heterocycles. The van der Waals surface area contributed by atoms with Gasteiger partial charge in [0, 0.05) is 12.7 Å². The highest BCUT2D eigenvalue weighted by Gasteiger charge is 2.22. The third kappa shape index (κ3) is 4.80. The summed E-state index contributed by atoms with van der Waals surface area (Å²) in [6, 6.07) is 1.76. The van der Waals surface area contributed by atoms with Gasteiger partial charge < -0.3 is 20.6 Å². The van der Waals surface area contributed by atoms with Crippen molar-refractivity contribution in [3.63, 3.8) is 0 Å². The van der Waals surface area contributed by atoms with Gasteiger partial charge in [-0.25, -0.2) is 15.8 Å². The molecule has 21 heavy (non-hydrogen) atoms. The number of hydrazine groups is 1. The molecule has 0 radical (unpaired) electrons. The number of anilines is 2. The Bertz CT molecular complexity index is 443. The zero-order valence-corrected chi connectivity index (χ0v) is 12.5. The third-order valence-corrected chi connectivity index (χ3v) is 3.67. The number of aromatic nitrogens is 2. The second-order valence-corrected chi connectivity index (χ2v) is 5.29. The number of ether oxygens (including phenoxy) is 1. The number of nitrogens with zero attached hydrogens (tertiary/aromatic N) is 2. The summed E-state index contributed by atoms with van der Waals surface area (Å²) in [6.07, 6.45) is 4.80. The van der Waals surface area contributed by atoms with Gasteiger partial charge in [0.05, 0.1) is 12.1 Å². The van der Waals surface area contributed by atoms with Crippen molar-refractivity contribution >= 4 is 11.6 Å². The molecule has 2 unspecified atom stereocenters. The summed E-state index contributed by atoms with van der Waals surface area (Å²) < 4.78 is 5.33. The predicted molar refractivity (Wildman–Crippen MR) is 81.7 cm³/mol. The Labute approximate surface area is 125 Å². The van der Waals surface area contributed by atoms with Crippen LogP contribution in [0.4, 0.5) is 11.6 Å². The topological polar surface area (TPSA) is 105 Å². The van der Waals surface area contributed by atoms with Crippen LogP contribution in [0.2, 0.25) is 0 Å². The van der Waals surface area contributed by atoms with Crippen LogP contribution >= 0.6 is 0 Å². The summed E-state index contributed by atoms with van der Waals surface area (Å²) in [5.74, 6) is 7.21. The lowest BCUT2D eigenvalue weighted by Gasteiger charge is -2.22. The van der Waals surface area contributed by atoms with Crippen LogP contribution in [0.25, 0.3) is 0 Å². The molecule has 1 aromatic rings. The maximum Gasteiger partial charge on any atom is 0.158 e. The van der Waals surface area contributed by atoms with Crippen LogP contribution in [-0.4, -0.2) is 33.8 Å². The Balaban J connectivity index is 2.09. The minimum atomic E-state index is -0.341. The molecule has 2 atom stereocenters.